The van der Waals surface area contributed by atoms with Gasteiger partial charge in [-0.25, -0.2) is 0 Å². The molecule has 1 saturated heterocycles. The van der Waals surface area contributed by atoms with Gasteiger partial charge >= 0.3 is 6.29 Å². The SMILES string of the molecule is C[C@H](c1ccc2c(c1)OC(F)(F)O2)N1CCNCC1. The van der Waals surface area contributed by atoms with E-state index < -0.39 is 6.29 Å². The molecule has 2 aliphatic heterocycles. The van der Waals surface area contributed by atoms with Gasteiger partial charge in [-0.1, -0.05) is 6.07 Å². The molecule has 0 radical (unpaired) electrons. The second-order valence-electron chi connectivity index (χ2n) is 4.84. The van der Waals surface area contributed by atoms with Crippen molar-refractivity contribution in [3.8, 4) is 11.5 Å². The van der Waals surface area contributed by atoms with Crippen LogP contribution in [0, 0.1) is 0 Å². The summed E-state index contributed by atoms with van der Waals surface area (Å²) in [6, 6.07) is 5.17. The average Bonchev–Trinajstić information content (AvgIpc) is 2.71. The van der Waals surface area contributed by atoms with Crippen molar-refractivity contribution >= 4 is 0 Å². The van der Waals surface area contributed by atoms with Crippen LogP contribution in [0.15, 0.2) is 18.2 Å². The molecule has 0 bridgehead atoms. The van der Waals surface area contributed by atoms with Crippen LogP contribution in [0.25, 0.3) is 0 Å². The maximum absolute atomic E-state index is 13.0. The first-order valence-electron chi connectivity index (χ1n) is 6.40. The molecule has 1 atom stereocenters. The highest BCUT2D eigenvalue weighted by Gasteiger charge is 2.43. The number of hydrogen-bond acceptors (Lipinski definition) is 4. The summed E-state index contributed by atoms with van der Waals surface area (Å²) in [5, 5.41) is 3.29. The molecule has 3 rings (SSSR count). The minimum atomic E-state index is -3.54. The Kier molecular flexibility index (Phi) is 3.06. The highest BCUT2D eigenvalue weighted by Crippen LogP contribution is 2.42. The van der Waals surface area contributed by atoms with Crippen LogP contribution < -0.4 is 14.8 Å². The van der Waals surface area contributed by atoms with Crippen LogP contribution in [0.4, 0.5) is 8.78 Å². The summed E-state index contributed by atoms with van der Waals surface area (Å²) in [5.41, 5.74) is 0.960. The van der Waals surface area contributed by atoms with Crippen molar-refractivity contribution in [2.75, 3.05) is 26.2 Å². The lowest BCUT2D eigenvalue weighted by Gasteiger charge is -2.33. The summed E-state index contributed by atoms with van der Waals surface area (Å²) in [5.74, 6) is 0.214. The predicted molar refractivity (Wildman–Crippen MR) is 65.5 cm³/mol. The highest BCUT2D eigenvalue weighted by atomic mass is 19.3. The molecule has 2 aliphatic rings. The van der Waals surface area contributed by atoms with E-state index in [1.807, 2.05) is 6.07 Å². The zero-order valence-corrected chi connectivity index (χ0v) is 10.7. The normalized spacial score (nSPS) is 23.3. The van der Waals surface area contributed by atoms with Crippen molar-refractivity contribution in [2.45, 2.75) is 19.3 Å². The number of alkyl halides is 2. The molecule has 19 heavy (non-hydrogen) atoms. The number of benzene rings is 1. The zero-order chi connectivity index (χ0) is 13.5. The number of halogens is 2. The molecule has 104 valence electrons. The summed E-state index contributed by atoms with van der Waals surface area (Å²) in [4.78, 5) is 2.31. The van der Waals surface area contributed by atoms with E-state index in [-0.39, 0.29) is 17.5 Å². The molecule has 6 heteroatoms. The lowest BCUT2D eigenvalue weighted by atomic mass is 10.1. The molecule has 4 nitrogen and oxygen atoms in total. The van der Waals surface area contributed by atoms with E-state index in [4.69, 9.17) is 0 Å². The molecule has 0 aromatic heterocycles. The van der Waals surface area contributed by atoms with Gasteiger partial charge in [-0.05, 0) is 24.6 Å². The summed E-state index contributed by atoms with van der Waals surface area (Å²) in [6.07, 6.45) is -3.54. The minimum absolute atomic E-state index is 0.0984. The van der Waals surface area contributed by atoms with Gasteiger partial charge in [-0.2, -0.15) is 0 Å². The number of nitrogens with zero attached hydrogens (tertiary/aromatic N) is 1. The molecule has 0 aliphatic carbocycles. The van der Waals surface area contributed by atoms with Crippen LogP contribution in [0.2, 0.25) is 0 Å². The van der Waals surface area contributed by atoms with E-state index in [1.165, 1.54) is 0 Å². The third-order valence-corrected chi connectivity index (χ3v) is 3.61. The Morgan fingerprint density at radius 3 is 2.63 bits per heavy atom. The lowest BCUT2D eigenvalue weighted by Crippen LogP contribution is -2.44. The van der Waals surface area contributed by atoms with Gasteiger partial charge in [0.2, 0.25) is 0 Å². The molecular weight excluding hydrogens is 254 g/mol. The number of fused-ring (bicyclic) bond motifs is 1. The molecule has 0 unspecified atom stereocenters. The maximum Gasteiger partial charge on any atom is 0.586 e. The first-order valence-corrected chi connectivity index (χ1v) is 6.40. The Morgan fingerprint density at radius 1 is 1.21 bits per heavy atom. The molecular formula is C13H16F2N2O2. The molecule has 2 heterocycles. The second-order valence-corrected chi connectivity index (χ2v) is 4.84. The number of nitrogens with one attached hydrogen (secondary N) is 1. The second kappa shape index (κ2) is 4.61. The maximum atomic E-state index is 13.0. The van der Waals surface area contributed by atoms with Crippen molar-refractivity contribution in [3.63, 3.8) is 0 Å². The number of piperazine rings is 1. The smallest absolute Gasteiger partial charge is 0.395 e. The minimum Gasteiger partial charge on any atom is -0.395 e. The highest BCUT2D eigenvalue weighted by molar-refractivity contribution is 5.45. The van der Waals surface area contributed by atoms with Crippen LogP contribution in [-0.2, 0) is 0 Å². The fourth-order valence-electron chi connectivity index (χ4n) is 2.51. The quantitative estimate of drug-likeness (QED) is 0.891. The topological polar surface area (TPSA) is 33.7 Å². The van der Waals surface area contributed by atoms with Gasteiger partial charge < -0.3 is 14.8 Å². The standard InChI is InChI=1S/C13H16F2N2O2/c1-9(17-6-4-16-5-7-17)10-2-3-11-12(8-10)19-13(14,15)18-11/h2-3,8-9,16H,4-7H2,1H3/t9-/m1/s1. The van der Waals surface area contributed by atoms with Gasteiger partial charge in [0.05, 0.1) is 0 Å². The van der Waals surface area contributed by atoms with Crippen LogP contribution in [0.5, 0.6) is 11.5 Å². The van der Waals surface area contributed by atoms with Crippen molar-refractivity contribution in [1.29, 1.82) is 0 Å². The van der Waals surface area contributed by atoms with E-state index >= 15 is 0 Å². The molecule has 1 aromatic carbocycles. The van der Waals surface area contributed by atoms with Gasteiger partial charge in [0, 0.05) is 32.2 Å². The van der Waals surface area contributed by atoms with E-state index in [0.717, 1.165) is 31.7 Å². The number of rotatable bonds is 2. The van der Waals surface area contributed by atoms with E-state index in [0.29, 0.717) is 0 Å². The van der Waals surface area contributed by atoms with Crippen molar-refractivity contribution in [3.05, 3.63) is 23.8 Å². The first kappa shape index (κ1) is 12.6. The molecule has 1 N–H and O–H groups in total. The molecule has 1 fully saturated rings. The van der Waals surface area contributed by atoms with Crippen LogP contribution >= 0.6 is 0 Å². The molecule has 1 aromatic rings. The first-order chi connectivity index (χ1) is 9.05. The van der Waals surface area contributed by atoms with Gasteiger partial charge in [0.25, 0.3) is 0 Å². The fourth-order valence-corrected chi connectivity index (χ4v) is 2.51. The van der Waals surface area contributed by atoms with Crippen LogP contribution in [0.3, 0.4) is 0 Å². The third-order valence-electron chi connectivity index (χ3n) is 3.61. The Labute approximate surface area is 110 Å². The fraction of sp³-hybridized carbons (Fsp3) is 0.538. The van der Waals surface area contributed by atoms with Crippen LogP contribution in [-0.4, -0.2) is 37.4 Å². The van der Waals surface area contributed by atoms with Crippen LogP contribution in [0.1, 0.15) is 18.5 Å². The zero-order valence-electron chi connectivity index (χ0n) is 10.7. The number of hydrogen-bond donors (Lipinski definition) is 1. The van der Waals surface area contributed by atoms with E-state index in [2.05, 4.69) is 26.6 Å². The molecule has 0 amide bonds. The number of ether oxygens (including phenoxy) is 2. The summed E-state index contributed by atoms with van der Waals surface area (Å²) >= 11 is 0. The average molecular weight is 270 g/mol. The van der Waals surface area contributed by atoms with Gasteiger partial charge in [0.15, 0.2) is 11.5 Å². The predicted octanol–water partition coefficient (Wildman–Crippen LogP) is 1.97. The van der Waals surface area contributed by atoms with E-state index in [9.17, 15) is 8.78 Å². The summed E-state index contributed by atoms with van der Waals surface area (Å²) in [7, 11) is 0. The summed E-state index contributed by atoms with van der Waals surface area (Å²) in [6.45, 7) is 5.87. The molecule has 0 spiro atoms. The lowest BCUT2D eigenvalue weighted by molar-refractivity contribution is -0.286. The van der Waals surface area contributed by atoms with Gasteiger partial charge in [-0.3, -0.25) is 4.90 Å². The largest absolute Gasteiger partial charge is 0.586 e. The Hall–Kier alpha value is -1.40. The van der Waals surface area contributed by atoms with Crippen molar-refractivity contribution < 1.29 is 18.3 Å². The summed E-state index contributed by atoms with van der Waals surface area (Å²) < 4.78 is 34.8. The van der Waals surface area contributed by atoms with Gasteiger partial charge in [-0.15, -0.1) is 8.78 Å². The van der Waals surface area contributed by atoms with Crippen molar-refractivity contribution in [2.24, 2.45) is 0 Å². The van der Waals surface area contributed by atoms with E-state index in [1.54, 1.807) is 12.1 Å². The monoisotopic (exact) mass is 270 g/mol. The molecule has 0 saturated carbocycles. The Balaban J connectivity index is 1.79. The van der Waals surface area contributed by atoms with Gasteiger partial charge in [0.1, 0.15) is 0 Å². The third kappa shape index (κ3) is 2.50. The Bertz CT molecular complexity index is 476. The van der Waals surface area contributed by atoms with Crippen molar-refractivity contribution in [1.82, 2.24) is 10.2 Å². The Morgan fingerprint density at radius 2 is 1.89 bits per heavy atom.